The van der Waals surface area contributed by atoms with Crippen LogP contribution in [0, 0.1) is 13.8 Å². The maximum atomic E-state index is 12.9. The molecule has 1 heterocycles. The number of ether oxygens (including phenoxy) is 1. The van der Waals surface area contributed by atoms with Gasteiger partial charge in [-0.2, -0.15) is 5.10 Å². The van der Waals surface area contributed by atoms with Crippen LogP contribution in [0.15, 0.2) is 66.7 Å². The van der Waals surface area contributed by atoms with Gasteiger partial charge in [0.05, 0.1) is 6.54 Å². The maximum absolute atomic E-state index is 12.9. The Labute approximate surface area is 213 Å². The van der Waals surface area contributed by atoms with E-state index in [9.17, 15) is 4.79 Å². The number of benzene rings is 3. The molecule has 0 atom stereocenters. The van der Waals surface area contributed by atoms with Crippen LogP contribution in [0.5, 0.6) is 5.75 Å². The Morgan fingerprint density at radius 3 is 2.44 bits per heavy atom. The van der Waals surface area contributed by atoms with E-state index in [0.717, 1.165) is 28.1 Å². The molecule has 0 aliphatic carbocycles. The molecule has 0 radical (unpaired) electrons. The van der Waals surface area contributed by atoms with Gasteiger partial charge in [-0.25, -0.2) is 0 Å². The summed E-state index contributed by atoms with van der Waals surface area (Å²) in [5.74, 6) is 0.938. The van der Waals surface area contributed by atoms with Crippen molar-refractivity contribution < 1.29 is 9.53 Å². The number of halogens is 3. The third kappa shape index (κ3) is 5.73. The van der Waals surface area contributed by atoms with Gasteiger partial charge in [0.25, 0.3) is 5.91 Å². The van der Waals surface area contributed by atoms with Gasteiger partial charge in [0, 0.05) is 38.0 Å². The first-order valence-electron chi connectivity index (χ1n) is 10.6. The van der Waals surface area contributed by atoms with Gasteiger partial charge in [-0.15, -0.1) is 0 Å². The summed E-state index contributed by atoms with van der Waals surface area (Å²) in [4.78, 5) is 12.9. The van der Waals surface area contributed by atoms with Crippen LogP contribution in [-0.2, 0) is 13.2 Å². The number of carbonyl (C=O) groups is 1. The zero-order valence-electron chi connectivity index (χ0n) is 18.6. The normalized spacial score (nSPS) is 10.9. The number of hydrogen-bond donors (Lipinski definition) is 1. The summed E-state index contributed by atoms with van der Waals surface area (Å²) in [6.45, 7) is 4.57. The van der Waals surface area contributed by atoms with E-state index in [-0.39, 0.29) is 5.91 Å². The molecule has 4 rings (SSSR count). The Kier molecular flexibility index (Phi) is 7.47. The topological polar surface area (TPSA) is 56.1 Å². The number of carbonyl (C=O) groups excluding carboxylic acids is 1. The number of aryl methyl sites for hydroxylation is 2. The minimum Gasteiger partial charge on any atom is -0.489 e. The highest BCUT2D eigenvalue weighted by atomic mass is 35.5. The number of anilines is 1. The van der Waals surface area contributed by atoms with Crippen molar-refractivity contribution in [3.63, 3.8) is 0 Å². The van der Waals surface area contributed by atoms with E-state index in [2.05, 4.69) is 10.4 Å². The highest BCUT2D eigenvalue weighted by molar-refractivity contribution is 6.36. The van der Waals surface area contributed by atoms with E-state index >= 15 is 0 Å². The van der Waals surface area contributed by atoms with Crippen molar-refractivity contribution in [2.75, 3.05) is 5.32 Å². The second kappa shape index (κ2) is 10.5. The van der Waals surface area contributed by atoms with Crippen LogP contribution in [0.2, 0.25) is 15.1 Å². The molecule has 0 bridgehead atoms. The van der Waals surface area contributed by atoms with Crippen LogP contribution in [0.25, 0.3) is 0 Å². The summed E-state index contributed by atoms with van der Waals surface area (Å²) in [7, 11) is 0. The second-order valence-electron chi connectivity index (χ2n) is 7.88. The lowest BCUT2D eigenvalue weighted by atomic mass is 10.1. The Morgan fingerprint density at radius 1 is 0.971 bits per heavy atom. The molecule has 0 saturated heterocycles. The molecule has 34 heavy (non-hydrogen) atoms. The van der Waals surface area contributed by atoms with Crippen LogP contribution in [0.3, 0.4) is 0 Å². The average molecular weight is 515 g/mol. The van der Waals surface area contributed by atoms with E-state index < -0.39 is 0 Å². The maximum Gasteiger partial charge on any atom is 0.256 e. The van der Waals surface area contributed by atoms with Crippen LogP contribution >= 0.6 is 34.8 Å². The largest absolute Gasteiger partial charge is 0.489 e. The highest BCUT2D eigenvalue weighted by Crippen LogP contribution is 2.26. The third-order valence-corrected chi connectivity index (χ3v) is 6.26. The number of hydrogen-bond acceptors (Lipinski definition) is 3. The molecule has 0 fully saturated rings. The van der Waals surface area contributed by atoms with E-state index in [1.807, 2.05) is 38.1 Å². The van der Waals surface area contributed by atoms with Crippen LogP contribution in [-0.4, -0.2) is 15.7 Å². The van der Waals surface area contributed by atoms with Gasteiger partial charge in [0.2, 0.25) is 0 Å². The molecule has 0 unspecified atom stereocenters. The number of aromatic nitrogens is 2. The lowest BCUT2D eigenvalue weighted by Gasteiger charge is -2.10. The monoisotopic (exact) mass is 513 g/mol. The van der Waals surface area contributed by atoms with Gasteiger partial charge in [-0.1, -0.05) is 53.0 Å². The average Bonchev–Trinajstić information content (AvgIpc) is 3.14. The Morgan fingerprint density at radius 2 is 1.71 bits per heavy atom. The van der Waals surface area contributed by atoms with E-state index in [0.29, 0.717) is 39.6 Å². The molecule has 174 valence electrons. The third-order valence-electron chi connectivity index (χ3n) is 5.31. The smallest absolute Gasteiger partial charge is 0.256 e. The quantitative estimate of drug-likeness (QED) is 0.281. The fraction of sp³-hybridized carbons (Fsp3) is 0.154. The van der Waals surface area contributed by atoms with E-state index in [1.54, 1.807) is 47.1 Å². The number of amides is 1. The summed E-state index contributed by atoms with van der Waals surface area (Å²) < 4.78 is 7.65. The van der Waals surface area contributed by atoms with Gasteiger partial charge >= 0.3 is 0 Å². The molecular formula is C26H22Cl3N3O2. The van der Waals surface area contributed by atoms with Gasteiger partial charge in [-0.3, -0.25) is 9.48 Å². The van der Waals surface area contributed by atoms with Crippen LogP contribution in [0.4, 0.5) is 5.82 Å². The van der Waals surface area contributed by atoms with Gasteiger partial charge < -0.3 is 10.1 Å². The van der Waals surface area contributed by atoms with Gasteiger partial charge in [0.1, 0.15) is 12.4 Å². The standard InChI is InChI=1S/C26H22Cl3N3O2/c1-16-11-20(27)9-10-24(16)34-15-18-5-3-6-19(13-18)26(33)30-25-12-17(2)32(31-25)14-21-22(28)7-4-8-23(21)29/h3-13H,14-15H2,1-2H3,(H,30,31,33). The lowest BCUT2D eigenvalue weighted by Crippen LogP contribution is -2.13. The Balaban J connectivity index is 1.43. The van der Waals surface area contributed by atoms with Crippen molar-refractivity contribution in [1.29, 1.82) is 0 Å². The lowest BCUT2D eigenvalue weighted by molar-refractivity contribution is 0.102. The SMILES string of the molecule is Cc1cc(Cl)ccc1OCc1cccc(C(=O)Nc2cc(C)n(Cc3c(Cl)cccc3Cl)n2)c1. The molecule has 0 saturated carbocycles. The van der Waals surface area contributed by atoms with Crippen molar-refractivity contribution in [1.82, 2.24) is 9.78 Å². The molecule has 3 aromatic carbocycles. The molecule has 4 aromatic rings. The molecule has 0 aliphatic rings. The molecule has 1 aromatic heterocycles. The minimum atomic E-state index is -0.259. The summed E-state index contributed by atoms with van der Waals surface area (Å²) in [6, 6.07) is 19.9. The number of nitrogens with zero attached hydrogens (tertiary/aromatic N) is 2. The summed E-state index contributed by atoms with van der Waals surface area (Å²) in [5, 5.41) is 9.16. The summed E-state index contributed by atoms with van der Waals surface area (Å²) in [6.07, 6.45) is 0. The van der Waals surface area contributed by atoms with E-state index in [1.165, 1.54) is 0 Å². The molecule has 1 N–H and O–H groups in total. The first-order valence-corrected chi connectivity index (χ1v) is 11.7. The van der Waals surface area contributed by atoms with Crippen molar-refractivity contribution in [3.05, 3.63) is 110 Å². The number of nitrogens with one attached hydrogen (secondary N) is 1. The fourth-order valence-electron chi connectivity index (χ4n) is 3.49. The first kappa shape index (κ1) is 24.1. The van der Waals surface area contributed by atoms with Crippen molar-refractivity contribution in [3.8, 4) is 5.75 Å². The molecule has 0 aliphatic heterocycles. The summed E-state index contributed by atoms with van der Waals surface area (Å²) >= 11 is 18.6. The zero-order valence-corrected chi connectivity index (χ0v) is 20.9. The first-order chi connectivity index (χ1) is 16.3. The fourth-order valence-corrected chi connectivity index (χ4v) is 4.23. The Hall–Kier alpha value is -2.99. The molecule has 8 heteroatoms. The van der Waals surface area contributed by atoms with Gasteiger partial charge in [-0.05, 0) is 67.4 Å². The highest BCUT2D eigenvalue weighted by Gasteiger charge is 2.13. The minimum absolute atomic E-state index is 0.259. The van der Waals surface area contributed by atoms with Crippen molar-refractivity contribution in [2.24, 2.45) is 0 Å². The van der Waals surface area contributed by atoms with Crippen molar-refractivity contribution >= 4 is 46.5 Å². The molecule has 0 spiro atoms. The molecule has 1 amide bonds. The predicted molar refractivity (Wildman–Crippen MR) is 137 cm³/mol. The molecular weight excluding hydrogens is 493 g/mol. The molecule has 5 nitrogen and oxygen atoms in total. The summed E-state index contributed by atoms with van der Waals surface area (Å²) in [5.41, 5.74) is 3.98. The van der Waals surface area contributed by atoms with Crippen LogP contribution in [0.1, 0.15) is 32.7 Å². The predicted octanol–water partition coefficient (Wildman–Crippen LogP) is 7.34. The zero-order chi connectivity index (χ0) is 24.2. The second-order valence-corrected chi connectivity index (χ2v) is 9.13. The number of rotatable bonds is 7. The van der Waals surface area contributed by atoms with E-state index in [4.69, 9.17) is 39.5 Å². The van der Waals surface area contributed by atoms with Gasteiger partial charge in [0.15, 0.2) is 5.82 Å². The Bertz CT molecular complexity index is 1330. The van der Waals surface area contributed by atoms with Crippen LogP contribution < -0.4 is 10.1 Å². The van der Waals surface area contributed by atoms with Crippen molar-refractivity contribution in [2.45, 2.75) is 27.0 Å².